The van der Waals surface area contributed by atoms with Gasteiger partial charge in [-0.1, -0.05) is 30.3 Å². The summed E-state index contributed by atoms with van der Waals surface area (Å²) < 4.78 is 0. The van der Waals surface area contributed by atoms with Gasteiger partial charge in [0.2, 0.25) is 0 Å². The van der Waals surface area contributed by atoms with Gasteiger partial charge in [0, 0.05) is 6.04 Å². The number of carbonyl (C=O) groups excluding carboxylic acids is 2. The minimum Gasteiger partial charge on any atom is -0.324 e. The van der Waals surface area contributed by atoms with Crippen molar-refractivity contribution in [1.82, 2.24) is 0 Å². The number of anilines is 1. The van der Waals surface area contributed by atoms with Crippen molar-refractivity contribution >= 4 is 17.5 Å². The average molecular weight is 266 g/mol. The van der Waals surface area contributed by atoms with E-state index in [1.54, 1.807) is 36.4 Å². The maximum Gasteiger partial charge on any atom is 0.266 e. The van der Waals surface area contributed by atoms with Crippen LogP contribution in [0.15, 0.2) is 48.5 Å². The Morgan fingerprint density at radius 1 is 0.900 bits per heavy atom. The van der Waals surface area contributed by atoms with E-state index in [0.717, 1.165) is 5.56 Å². The summed E-state index contributed by atoms with van der Waals surface area (Å²) in [6.45, 7) is 1.83. The van der Waals surface area contributed by atoms with Gasteiger partial charge in [0.15, 0.2) is 0 Å². The molecule has 4 nitrogen and oxygen atoms in total. The summed E-state index contributed by atoms with van der Waals surface area (Å²) in [5.74, 6) is -0.586. The monoisotopic (exact) mass is 266 g/mol. The Morgan fingerprint density at radius 3 is 1.95 bits per heavy atom. The van der Waals surface area contributed by atoms with Crippen LogP contribution in [0, 0.1) is 0 Å². The number of fused-ring (bicyclic) bond motifs is 1. The summed E-state index contributed by atoms with van der Waals surface area (Å²) in [5.41, 5.74) is 8.16. The molecule has 0 aromatic heterocycles. The third-order valence-electron chi connectivity index (χ3n) is 3.46. The molecule has 20 heavy (non-hydrogen) atoms. The molecule has 2 aromatic rings. The molecule has 100 valence electrons. The molecule has 4 heteroatoms. The molecular formula is C16H14N2O2. The molecular weight excluding hydrogens is 252 g/mol. The summed E-state index contributed by atoms with van der Waals surface area (Å²) in [5, 5.41) is 0. The fourth-order valence-electron chi connectivity index (χ4n) is 2.48. The predicted octanol–water partition coefficient (Wildman–Crippen LogP) is 2.51. The molecule has 0 bridgehead atoms. The van der Waals surface area contributed by atoms with Crippen LogP contribution in [0.5, 0.6) is 0 Å². The van der Waals surface area contributed by atoms with Crippen LogP contribution in [-0.2, 0) is 0 Å². The number of amides is 2. The Balaban J connectivity index is 2.15. The molecule has 1 unspecified atom stereocenters. The van der Waals surface area contributed by atoms with Crippen molar-refractivity contribution in [2.45, 2.75) is 13.0 Å². The molecule has 1 aliphatic rings. The second-order valence-electron chi connectivity index (χ2n) is 4.84. The molecule has 1 aliphatic heterocycles. The van der Waals surface area contributed by atoms with E-state index in [2.05, 4.69) is 0 Å². The van der Waals surface area contributed by atoms with Gasteiger partial charge in [0.05, 0.1) is 16.8 Å². The number of nitrogens with zero attached hydrogens (tertiary/aromatic N) is 1. The van der Waals surface area contributed by atoms with Gasteiger partial charge in [-0.05, 0) is 30.7 Å². The maximum atomic E-state index is 12.4. The molecule has 1 atom stereocenters. The van der Waals surface area contributed by atoms with E-state index in [1.807, 2.05) is 19.1 Å². The molecule has 2 N–H and O–H groups in total. The van der Waals surface area contributed by atoms with Crippen molar-refractivity contribution in [1.29, 1.82) is 0 Å². The van der Waals surface area contributed by atoms with E-state index < -0.39 is 0 Å². The minimum atomic E-state index is -0.293. The summed E-state index contributed by atoms with van der Waals surface area (Å²) in [6, 6.07) is 13.8. The highest BCUT2D eigenvalue weighted by Gasteiger charge is 2.37. The zero-order valence-electron chi connectivity index (χ0n) is 11.0. The van der Waals surface area contributed by atoms with Gasteiger partial charge >= 0.3 is 0 Å². The van der Waals surface area contributed by atoms with Gasteiger partial charge in [-0.15, -0.1) is 0 Å². The Morgan fingerprint density at radius 2 is 1.40 bits per heavy atom. The zero-order chi connectivity index (χ0) is 14.3. The van der Waals surface area contributed by atoms with Crippen LogP contribution in [-0.4, -0.2) is 11.8 Å². The molecule has 2 amide bonds. The van der Waals surface area contributed by atoms with E-state index in [0.29, 0.717) is 16.8 Å². The quantitative estimate of drug-likeness (QED) is 0.849. The van der Waals surface area contributed by atoms with Crippen LogP contribution >= 0.6 is 0 Å². The summed E-state index contributed by atoms with van der Waals surface area (Å²) >= 11 is 0. The van der Waals surface area contributed by atoms with Crippen LogP contribution in [0.1, 0.15) is 39.2 Å². The first-order valence-corrected chi connectivity index (χ1v) is 6.43. The van der Waals surface area contributed by atoms with Gasteiger partial charge in [-0.25, -0.2) is 4.90 Å². The van der Waals surface area contributed by atoms with Crippen molar-refractivity contribution in [3.63, 3.8) is 0 Å². The summed E-state index contributed by atoms with van der Waals surface area (Å²) in [6.07, 6.45) is 0. The average Bonchev–Trinajstić information content (AvgIpc) is 2.71. The van der Waals surface area contributed by atoms with E-state index in [4.69, 9.17) is 5.73 Å². The standard InChI is InChI=1S/C16H14N2O2/c1-10(17)11-6-4-5-9-14(11)18-15(19)12-7-2-3-8-13(12)16(18)20/h2-10H,17H2,1H3. The Kier molecular flexibility index (Phi) is 2.88. The van der Waals surface area contributed by atoms with Gasteiger partial charge in [-0.3, -0.25) is 9.59 Å². The molecule has 0 saturated heterocycles. The normalized spacial score (nSPS) is 15.4. The van der Waals surface area contributed by atoms with E-state index in [-0.39, 0.29) is 17.9 Å². The predicted molar refractivity (Wildman–Crippen MR) is 76.6 cm³/mol. The van der Waals surface area contributed by atoms with Crippen LogP contribution in [0.2, 0.25) is 0 Å². The highest BCUT2D eigenvalue weighted by Crippen LogP contribution is 2.32. The SMILES string of the molecule is CC(N)c1ccccc1N1C(=O)c2ccccc2C1=O. The van der Waals surface area contributed by atoms with Crippen molar-refractivity contribution in [2.24, 2.45) is 5.73 Å². The number of nitrogens with two attached hydrogens (primary N) is 1. The molecule has 3 rings (SSSR count). The van der Waals surface area contributed by atoms with Gasteiger partial charge < -0.3 is 5.73 Å². The second kappa shape index (κ2) is 4.58. The number of hydrogen-bond donors (Lipinski definition) is 1. The van der Waals surface area contributed by atoms with Gasteiger partial charge in [0.1, 0.15) is 0 Å². The fourth-order valence-corrected chi connectivity index (χ4v) is 2.48. The third-order valence-corrected chi connectivity index (χ3v) is 3.46. The molecule has 0 saturated carbocycles. The van der Waals surface area contributed by atoms with Crippen molar-refractivity contribution < 1.29 is 9.59 Å². The first-order chi connectivity index (χ1) is 9.61. The fraction of sp³-hybridized carbons (Fsp3) is 0.125. The van der Waals surface area contributed by atoms with E-state index in [1.165, 1.54) is 4.90 Å². The summed E-state index contributed by atoms with van der Waals surface area (Å²) in [7, 11) is 0. The highest BCUT2D eigenvalue weighted by atomic mass is 16.2. The number of para-hydroxylation sites is 1. The number of benzene rings is 2. The van der Waals surface area contributed by atoms with Crippen LogP contribution in [0.25, 0.3) is 0 Å². The first kappa shape index (κ1) is 12.6. The van der Waals surface area contributed by atoms with Crippen molar-refractivity contribution in [3.8, 4) is 0 Å². The Labute approximate surface area is 116 Å². The largest absolute Gasteiger partial charge is 0.324 e. The van der Waals surface area contributed by atoms with Crippen molar-refractivity contribution in [3.05, 3.63) is 65.2 Å². The number of rotatable bonds is 2. The highest BCUT2D eigenvalue weighted by molar-refractivity contribution is 6.34. The van der Waals surface area contributed by atoms with Crippen LogP contribution < -0.4 is 10.6 Å². The van der Waals surface area contributed by atoms with E-state index in [9.17, 15) is 9.59 Å². The number of hydrogen-bond acceptors (Lipinski definition) is 3. The van der Waals surface area contributed by atoms with E-state index >= 15 is 0 Å². The number of imide groups is 1. The molecule has 0 radical (unpaired) electrons. The molecule has 0 aliphatic carbocycles. The summed E-state index contributed by atoms with van der Waals surface area (Å²) in [4.78, 5) is 26.1. The lowest BCUT2D eigenvalue weighted by Gasteiger charge is -2.19. The van der Waals surface area contributed by atoms with Crippen LogP contribution in [0.3, 0.4) is 0 Å². The van der Waals surface area contributed by atoms with Crippen LogP contribution in [0.4, 0.5) is 5.69 Å². The molecule has 2 aromatic carbocycles. The number of carbonyl (C=O) groups is 2. The van der Waals surface area contributed by atoms with Crippen molar-refractivity contribution in [2.75, 3.05) is 4.90 Å². The zero-order valence-corrected chi connectivity index (χ0v) is 11.0. The Hall–Kier alpha value is -2.46. The Bertz CT molecular complexity index is 672. The molecule has 1 heterocycles. The topological polar surface area (TPSA) is 63.4 Å². The lowest BCUT2D eigenvalue weighted by molar-refractivity contribution is 0.0926. The van der Waals surface area contributed by atoms with Gasteiger partial charge in [0.25, 0.3) is 11.8 Å². The molecule has 0 spiro atoms. The lowest BCUT2D eigenvalue weighted by atomic mass is 10.1. The maximum absolute atomic E-state index is 12.4. The minimum absolute atomic E-state index is 0.254. The second-order valence-corrected chi connectivity index (χ2v) is 4.84. The third kappa shape index (κ3) is 1.73. The molecule has 0 fully saturated rings. The lowest BCUT2D eigenvalue weighted by Crippen LogP contribution is -2.31. The first-order valence-electron chi connectivity index (χ1n) is 6.43. The smallest absolute Gasteiger partial charge is 0.266 e. The van der Waals surface area contributed by atoms with Gasteiger partial charge in [-0.2, -0.15) is 0 Å².